The molecule has 1 saturated heterocycles. The van der Waals surface area contributed by atoms with Gasteiger partial charge in [-0.3, -0.25) is 0 Å². The Hall–Kier alpha value is -1.01. The van der Waals surface area contributed by atoms with Crippen LogP contribution in [0.2, 0.25) is 0 Å². The molecule has 1 heterocycles. The standard InChI is InChI=1S/C14H21NO2.C2H6/c1-4-14-6-5-7-17-12(14)13(2,3)11(16)10(8-14)9-15;1-2/h12,16H,4-8H2,1-3H3;1-2H3. The van der Waals surface area contributed by atoms with Crippen molar-refractivity contribution in [3.8, 4) is 6.07 Å². The van der Waals surface area contributed by atoms with Crippen LogP contribution in [0.3, 0.4) is 0 Å². The Kier molecular flexibility index (Phi) is 5.04. The number of fused-ring (bicyclic) bond motifs is 1. The molecule has 0 amide bonds. The van der Waals surface area contributed by atoms with E-state index >= 15 is 0 Å². The van der Waals surface area contributed by atoms with Gasteiger partial charge in [0.2, 0.25) is 0 Å². The molecule has 1 N–H and O–H groups in total. The molecule has 0 aromatic carbocycles. The van der Waals surface area contributed by atoms with E-state index in [0.29, 0.717) is 12.0 Å². The van der Waals surface area contributed by atoms with Crippen LogP contribution in [-0.2, 0) is 4.74 Å². The number of allylic oxidation sites excluding steroid dienone is 1. The van der Waals surface area contributed by atoms with Crippen LogP contribution in [0.1, 0.15) is 60.3 Å². The fourth-order valence-corrected chi connectivity index (χ4v) is 3.62. The fourth-order valence-electron chi connectivity index (χ4n) is 3.62. The van der Waals surface area contributed by atoms with E-state index < -0.39 is 5.41 Å². The normalized spacial score (nSPS) is 32.7. The minimum atomic E-state index is -0.445. The van der Waals surface area contributed by atoms with E-state index in [1.165, 1.54) is 0 Å². The minimum absolute atomic E-state index is 0.0332. The van der Waals surface area contributed by atoms with Gasteiger partial charge in [-0.15, -0.1) is 0 Å². The first kappa shape index (κ1) is 16.0. The van der Waals surface area contributed by atoms with Gasteiger partial charge in [0.05, 0.1) is 17.7 Å². The summed E-state index contributed by atoms with van der Waals surface area (Å²) in [5.41, 5.74) is 0.150. The lowest BCUT2D eigenvalue weighted by molar-refractivity contribution is -0.148. The van der Waals surface area contributed by atoms with Crippen LogP contribution in [0.4, 0.5) is 0 Å². The summed E-state index contributed by atoms with van der Waals surface area (Å²) in [5, 5.41) is 19.4. The van der Waals surface area contributed by atoms with Gasteiger partial charge in [-0.25, -0.2) is 0 Å². The van der Waals surface area contributed by atoms with E-state index in [1.54, 1.807) is 0 Å². The lowest BCUT2D eigenvalue weighted by Crippen LogP contribution is -2.53. The smallest absolute Gasteiger partial charge is 0.114 e. The summed E-state index contributed by atoms with van der Waals surface area (Å²) in [6.45, 7) is 10.9. The van der Waals surface area contributed by atoms with Crippen LogP contribution >= 0.6 is 0 Å². The second-order valence-corrected chi connectivity index (χ2v) is 5.91. The number of ether oxygens (including phenoxy) is 1. The number of aliphatic hydroxyl groups is 1. The Balaban J connectivity index is 0.000000861. The number of hydrogen-bond donors (Lipinski definition) is 1. The van der Waals surface area contributed by atoms with Gasteiger partial charge < -0.3 is 9.84 Å². The van der Waals surface area contributed by atoms with Gasteiger partial charge in [-0.05, 0) is 25.7 Å². The highest BCUT2D eigenvalue weighted by Crippen LogP contribution is 2.55. The molecule has 3 nitrogen and oxygen atoms in total. The van der Waals surface area contributed by atoms with Crippen LogP contribution in [0.15, 0.2) is 11.3 Å². The predicted molar refractivity (Wildman–Crippen MR) is 76.7 cm³/mol. The third-order valence-electron chi connectivity index (χ3n) is 4.58. The third-order valence-corrected chi connectivity index (χ3v) is 4.58. The molecule has 19 heavy (non-hydrogen) atoms. The molecule has 0 spiro atoms. The van der Waals surface area contributed by atoms with E-state index in [0.717, 1.165) is 25.9 Å². The second-order valence-electron chi connectivity index (χ2n) is 5.91. The largest absolute Gasteiger partial charge is 0.511 e. The number of hydrogen-bond acceptors (Lipinski definition) is 3. The highest BCUT2D eigenvalue weighted by molar-refractivity contribution is 5.34. The van der Waals surface area contributed by atoms with Crippen molar-refractivity contribution in [3.05, 3.63) is 11.3 Å². The summed E-state index contributed by atoms with van der Waals surface area (Å²) >= 11 is 0. The zero-order chi connectivity index (χ0) is 14.7. The summed E-state index contributed by atoms with van der Waals surface area (Å²) in [7, 11) is 0. The lowest BCUT2D eigenvalue weighted by Gasteiger charge is -2.53. The summed E-state index contributed by atoms with van der Waals surface area (Å²) in [4.78, 5) is 0. The van der Waals surface area contributed by atoms with Crippen LogP contribution in [-0.4, -0.2) is 17.8 Å². The lowest BCUT2D eigenvalue weighted by atomic mass is 9.58. The highest BCUT2D eigenvalue weighted by atomic mass is 16.5. The maximum absolute atomic E-state index is 10.2. The van der Waals surface area contributed by atoms with Crippen molar-refractivity contribution in [2.45, 2.75) is 66.4 Å². The van der Waals surface area contributed by atoms with Crippen molar-refractivity contribution in [2.24, 2.45) is 10.8 Å². The van der Waals surface area contributed by atoms with Gasteiger partial charge in [0.15, 0.2) is 0 Å². The molecule has 0 aromatic rings. The second kappa shape index (κ2) is 5.96. The van der Waals surface area contributed by atoms with Crippen molar-refractivity contribution < 1.29 is 9.84 Å². The minimum Gasteiger partial charge on any atom is -0.511 e. The van der Waals surface area contributed by atoms with E-state index in [1.807, 2.05) is 27.7 Å². The third kappa shape index (κ3) is 2.51. The molecule has 0 bridgehead atoms. The molecule has 0 radical (unpaired) electrons. The molecule has 0 aromatic heterocycles. The van der Waals surface area contributed by atoms with Crippen molar-refractivity contribution in [1.82, 2.24) is 0 Å². The Bertz CT molecular complexity index is 392. The Morgan fingerprint density at radius 3 is 2.58 bits per heavy atom. The molecule has 1 aliphatic heterocycles. The number of aliphatic hydroxyl groups excluding tert-OH is 1. The quantitative estimate of drug-likeness (QED) is 0.766. The maximum atomic E-state index is 10.2. The molecule has 1 fully saturated rings. The summed E-state index contributed by atoms with van der Waals surface area (Å²) < 4.78 is 5.95. The monoisotopic (exact) mass is 265 g/mol. The van der Waals surface area contributed by atoms with E-state index in [2.05, 4.69) is 13.0 Å². The van der Waals surface area contributed by atoms with E-state index in [4.69, 9.17) is 4.74 Å². The molecular formula is C16H27NO2. The molecule has 2 unspecified atom stereocenters. The van der Waals surface area contributed by atoms with Gasteiger partial charge in [0, 0.05) is 17.4 Å². The van der Waals surface area contributed by atoms with Crippen molar-refractivity contribution in [1.29, 1.82) is 5.26 Å². The van der Waals surface area contributed by atoms with E-state index in [9.17, 15) is 10.4 Å². The number of nitriles is 1. The van der Waals surface area contributed by atoms with Crippen molar-refractivity contribution >= 4 is 0 Å². The first-order valence-electron chi connectivity index (χ1n) is 7.42. The van der Waals surface area contributed by atoms with Gasteiger partial charge >= 0.3 is 0 Å². The average molecular weight is 265 g/mol. The zero-order valence-electron chi connectivity index (χ0n) is 12.9. The number of nitrogens with zero attached hydrogens (tertiary/aromatic N) is 1. The van der Waals surface area contributed by atoms with Gasteiger partial charge in [0.25, 0.3) is 0 Å². The molecule has 108 valence electrons. The Morgan fingerprint density at radius 2 is 2.05 bits per heavy atom. The van der Waals surface area contributed by atoms with Gasteiger partial charge in [0.1, 0.15) is 5.76 Å². The van der Waals surface area contributed by atoms with Gasteiger partial charge in [-0.2, -0.15) is 5.26 Å². The topological polar surface area (TPSA) is 53.2 Å². The SMILES string of the molecule is CC.CCC12CCCOC1C(C)(C)C(O)=C(C#N)C2. The molecular weight excluding hydrogens is 238 g/mol. The maximum Gasteiger partial charge on any atom is 0.114 e. The van der Waals surface area contributed by atoms with Crippen LogP contribution in [0, 0.1) is 22.2 Å². The molecule has 0 saturated carbocycles. The van der Waals surface area contributed by atoms with Crippen LogP contribution < -0.4 is 0 Å². The van der Waals surface area contributed by atoms with Crippen LogP contribution in [0.25, 0.3) is 0 Å². The summed E-state index contributed by atoms with van der Waals surface area (Å²) in [5.74, 6) is 0.232. The molecule has 2 rings (SSSR count). The first-order chi connectivity index (χ1) is 8.98. The highest BCUT2D eigenvalue weighted by Gasteiger charge is 2.54. The molecule has 2 aliphatic rings. The Labute approximate surface area is 117 Å². The van der Waals surface area contributed by atoms with Crippen molar-refractivity contribution in [3.63, 3.8) is 0 Å². The van der Waals surface area contributed by atoms with Crippen molar-refractivity contribution in [2.75, 3.05) is 6.61 Å². The fraction of sp³-hybridized carbons (Fsp3) is 0.812. The summed E-state index contributed by atoms with van der Waals surface area (Å²) in [6.07, 6.45) is 3.85. The predicted octanol–water partition coefficient (Wildman–Crippen LogP) is 4.35. The van der Waals surface area contributed by atoms with Crippen LogP contribution in [0.5, 0.6) is 0 Å². The average Bonchev–Trinajstić information content (AvgIpc) is 2.45. The zero-order valence-corrected chi connectivity index (χ0v) is 12.9. The Morgan fingerprint density at radius 1 is 1.42 bits per heavy atom. The first-order valence-corrected chi connectivity index (χ1v) is 7.42. The molecule has 1 aliphatic carbocycles. The molecule has 2 atom stereocenters. The summed E-state index contributed by atoms with van der Waals surface area (Å²) in [6, 6.07) is 2.18. The van der Waals surface area contributed by atoms with E-state index in [-0.39, 0.29) is 17.3 Å². The molecule has 3 heteroatoms. The number of rotatable bonds is 1. The van der Waals surface area contributed by atoms with Gasteiger partial charge in [-0.1, -0.05) is 34.6 Å².